The molecule has 0 aromatic heterocycles. The van der Waals surface area contributed by atoms with Gasteiger partial charge in [0.25, 0.3) is 5.69 Å². The minimum Gasteiger partial charge on any atom is -0.368 e. The van der Waals surface area contributed by atoms with Crippen LogP contribution in [-0.2, 0) is 0 Å². The Morgan fingerprint density at radius 2 is 1.79 bits per heavy atom. The maximum atomic E-state index is 10.8. The molecular formula is C17H17ClN4O2. The first-order chi connectivity index (χ1) is 11.6. The van der Waals surface area contributed by atoms with E-state index in [1.54, 1.807) is 18.3 Å². The van der Waals surface area contributed by atoms with Crippen LogP contribution in [0.25, 0.3) is 0 Å². The lowest BCUT2D eigenvalue weighted by Gasteiger charge is -2.34. The Labute approximate surface area is 145 Å². The minimum absolute atomic E-state index is 0.0755. The maximum Gasteiger partial charge on any atom is 0.270 e. The third-order valence-electron chi connectivity index (χ3n) is 3.90. The quantitative estimate of drug-likeness (QED) is 0.484. The van der Waals surface area contributed by atoms with E-state index < -0.39 is 4.92 Å². The third kappa shape index (κ3) is 4.02. The van der Waals surface area contributed by atoms with Crippen molar-refractivity contribution in [2.24, 2.45) is 5.10 Å². The number of nitro benzene ring substituents is 1. The number of hydrogen-bond acceptors (Lipinski definition) is 5. The zero-order valence-corrected chi connectivity index (χ0v) is 13.8. The van der Waals surface area contributed by atoms with E-state index in [1.165, 1.54) is 12.1 Å². The molecule has 0 atom stereocenters. The second-order valence-electron chi connectivity index (χ2n) is 5.51. The molecule has 0 N–H and O–H groups in total. The summed E-state index contributed by atoms with van der Waals surface area (Å²) in [7, 11) is 0. The molecule has 1 heterocycles. The molecule has 0 aliphatic carbocycles. The SMILES string of the molecule is O=[N+]([O-])c1cccc(C=NN2CCN(c3ccc(Cl)cc3)CC2)c1. The van der Waals surface area contributed by atoms with E-state index in [1.807, 2.05) is 29.3 Å². The summed E-state index contributed by atoms with van der Waals surface area (Å²) >= 11 is 5.92. The molecule has 0 unspecified atom stereocenters. The summed E-state index contributed by atoms with van der Waals surface area (Å²) in [5.74, 6) is 0. The van der Waals surface area contributed by atoms with Crippen LogP contribution in [-0.4, -0.2) is 42.3 Å². The number of hydrogen-bond donors (Lipinski definition) is 0. The Bertz CT molecular complexity index is 741. The number of anilines is 1. The molecular weight excluding hydrogens is 328 g/mol. The standard InChI is InChI=1S/C17H17ClN4O2/c18-15-4-6-16(7-5-15)20-8-10-21(11-9-20)19-13-14-2-1-3-17(12-14)22(23)24/h1-7,12-13H,8-11H2. The number of nitrogens with zero attached hydrogens (tertiary/aromatic N) is 4. The van der Waals surface area contributed by atoms with Crippen LogP contribution >= 0.6 is 11.6 Å². The van der Waals surface area contributed by atoms with E-state index in [4.69, 9.17) is 11.6 Å². The molecule has 1 fully saturated rings. The number of hydrazone groups is 1. The Morgan fingerprint density at radius 1 is 1.08 bits per heavy atom. The van der Waals surface area contributed by atoms with Crippen LogP contribution in [0.15, 0.2) is 53.6 Å². The first-order valence-electron chi connectivity index (χ1n) is 7.66. The van der Waals surface area contributed by atoms with Crippen molar-refractivity contribution in [3.63, 3.8) is 0 Å². The van der Waals surface area contributed by atoms with Crippen molar-refractivity contribution < 1.29 is 4.92 Å². The van der Waals surface area contributed by atoms with Crippen molar-refractivity contribution >= 4 is 29.2 Å². The van der Waals surface area contributed by atoms with Gasteiger partial charge < -0.3 is 4.90 Å². The predicted molar refractivity (Wildman–Crippen MR) is 95.9 cm³/mol. The summed E-state index contributed by atoms with van der Waals surface area (Å²) in [6.07, 6.45) is 1.67. The number of nitro groups is 1. The molecule has 0 radical (unpaired) electrons. The second-order valence-corrected chi connectivity index (χ2v) is 5.95. The second kappa shape index (κ2) is 7.31. The fourth-order valence-corrected chi connectivity index (χ4v) is 2.71. The van der Waals surface area contributed by atoms with Crippen LogP contribution < -0.4 is 4.90 Å². The highest BCUT2D eigenvalue weighted by atomic mass is 35.5. The number of non-ortho nitro benzene ring substituents is 1. The predicted octanol–water partition coefficient (Wildman–Crippen LogP) is 3.40. The summed E-state index contributed by atoms with van der Waals surface area (Å²) in [4.78, 5) is 12.7. The smallest absolute Gasteiger partial charge is 0.270 e. The molecule has 7 heteroatoms. The molecule has 0 amide bonds. The van der Waals surface area contributed by atoms with Gasteiger partial charge in [-0.15, -0.1) is 0 Å². The van der Waals surface area contributed by atoms with Gasteiger partial charge in [-0.2, -0.15) is 5.10 Å². The summed E-state index contributed by atoms with van der Waals surface area (Å²) in [6, 6.07) is 14.3. The van der Waals surface area contributed by atoms with E-state index in [0.29, 0.717) is 0 Å². The van der Waals surface area contributed by atoms with Gasteiger partial charge in [-0.1, -0.05) is 23.7 Å². The maximum absolute atomic E-state index is 10.8. The van der Waals surface area contributed by atoms with Crippen LogP contribution in [0, 0.1) is 10.1 Å². The Morgan fingerprint density at radius 3 is 2.46 bits per heavy atom. The van der Waals surface area contributed by atoms with Gasteiger partial charge in [0.15, 0.2) is 0 Å². The fourth-order valence-electron chi connectivity index (χ4n) is 2.59. The van der Waals surface area contributed by atoms with Crippen LogP contribution in [0.5, 0.6) is 0 Å². The molecule has 1 aliphatic rings. The van der Waals surface area contributed by atoms with Gasteiger partial charge in [0.2, 0.25) is 0 Å². The molecule has 24 heavy (non-hydrogen) atoms. The van der Waals surface area contributed by atoms with Crippen LogP contribution in [0.3, 0.4) is 0 Å². The van der Waals surface area contributed by atoms with Gasteiger partial charge in [0.1, 0.15) is 0 Å². The zero-order valence-electron chi connectivity index (χ0n) is 13.0. The van der Waals surface area contributed by atoms with Gasteiger partial charge >= 0.3 is 0 Å². The molecule has 1 saturated heterocycles. The summed E-state index contributed by atoms with van der Waals surface area (Å²) < 4.78 is 0. The van der Waals surface area contributed by atoms with Crippen LogP contribution in [0.4, 0.5) is 11.4 Å². The molecule has 3 rings (SSSR count). The Kier molecular flexibility index (Phi) is 4.96. The van der Waals surface area contributed by atoms with Gasteiger partial charge in [-0.25, -0.2) is 0 Å². The molecule has 2 aromatic rings. The molecule has 1 aliphatic heterocycles. The molecule has 6 nitrogen and oxygen atoms in total. The number of rotatable bonds is 4. The number of halogens is 1. The van der Waals surface area contributed by atoms with Crippen molar-refractivity contribution in [3.05, 3.63) is 69.2 Å². The first kappa shape index (κ1) is 16.3. The summed E-state index contributed by atoms with van der Waals surface area (Å²) in [6.45, 7) is 3.34. The lowest BCUT2D eigenvalue weighted by atomic mass is 10.2. The van der Waals surface area contributed by atoms with E-state index in [9.17, 15) is 10.1 Å². The van der Waals surface area contributed by atoms with Crippen LogP contribution in [0.2, 0.25) is 5.02 Å². The van der Waals surface area contributed by atoms with Crippen LogP contribution in [0.1, 0.15) is 5.56 Å². The third-order valence-corrected chi connectivity index (χ3v) is 4.15. The molecule has 2 aromatic carbocycles. The molecule has 0 saturated carbocycles. The van der Waals surface area contributed by atoms with E-state index in [-0.39, 0.29) is 5.69 Å². The Balaban J connectivity index is 1.58. The first-order valence-corrected chi connectivity index (χ1v) is 8.03. The number of benzene rings is 2. The van der Waals surface area contributed by atoms with Gasteiger partial charge in [0.05, 0.1) is 24.2 Å². The highest BCUT2D eigenvalue weighted by molar-refractivity contribution is 6.30. The van der Waals surface area contributed by atoms with Crippen molar-refractivity contribution in [1.82, 2.24) is 5.01 Å². The fraction of sp³-hybridized carbons (Fsp3) is 0.235. The highest BCUT2D eigenvalue weighted by Crippen LogP contribution is 2.19. The average Bonchev–Trinajstić information content (AvgIpc) is 2.61. The van der Waals surface area contributed by atoms with Gasteiger partial charge in [-0.05, 0) is 24.3 Å². The van der Waals surface area contributed by atoms with E-state index in [2.05, 4.69) is 10.0 Å². The van der Waals surface area contributed by atoms with Gasteiger partial charge in [-0.3, -0.25) is 15.1 Å². The topological polar surface area (TPSA) is 62.0 Å². The Hall–Kier alpha value is -2.60. The summed E-state index contributed by atoms with van der Waals surface area (Å²) in [5, 5.41) is 17.9. The van der Waals surface area contributed by atoms with Crippen molar-refractivity contribution in [3.8, 4) is 0 Å². The normalized spacial score (nSPS) is 15.0. The summed E-state index contributed by atoms with van der Waals surface area (Å²) in [5.41, 5.74) is 1.96. The number of piperazine rings is 1. The monoisotopic (exact) mass is 344 g/mol. The largest absolute Gasteiger partial charge is 0.368 e. The average molecular weight is 345 g/mol. The lowest BCUT2D eigenvalue weighted by Crippen LogP contribution is -2.44. The van der Waals surface area contributed by atoms with Crippen molar-refractivity contribution in [2.45, 2.75) is 0 Å². The van der Waals surface area contributed by atoms with E-state index >= 15 is 0 Å². The molecule has 0 bridgehead atoms. The molecule has 124 valence electrons. The highest BCUT2D eigenvalue weighted by Gasteiger charge is 2.15. The van der Waals surface area contributed by atoms with Crippen molar-refractivity contribution in [2.75, 3.05) is 31.1 Å². The molecule has 0 spiro atoms. The lowest BCUT2D eigenvalue weighted by molar-refractivity contribution is -0.384. The minimum atomic E-state index is -0.401. The van der Waals surface area contributed by atoms with Crippen molar-refractivity contribution in [1.29, 1.82) is 0 Å². The van der Waals surface area contributed by atoms with Gasteiger partial charge in [0, 0.05) is 41.5 Å². The van der Waals surface area contributed by atoms with E-state index in [0.717, 1.165) is 42.5 Å². The zero-order chi connectivity index (χ0) is 16.9.